The number of hydrogen-bond donors (Lipinski definition) is 3. The summed E-state index contributed by atoms with van der Waals surface area (Å²) in [4.78, 5) is 7.09. The molecule has 0 unspecified atom stereocenters. The third kappa shape index (κ3) is 1.79. The molecule has 0 aliphatic carbocycles. The van der Waals surface area contributed by atoms with E-state index in [9.17, 15) is 10.0 Å². The number of aromatic nitrogens is 2. The highest BCUT2D eigenvalue weighted by Crippen LogP contribution is 2.25. The van der Waals surface area contributed by atoms with Crippen molar-refractivity contribution in [3.05, 3.63) is 48.7 Å². The molecule has 0 atom stereocenters. The molecular weight excluding hydrogens is 227 g/mol. The van der Waals surface area contributed by atoms with E-state index < -0.39 is 7.12 Å². The van der Waals surface area contributed by atoms with Crippen LogP contribution in [0.15, 0.2) is 48.7 Å². The first-order valence-corrected chi connectivity index (χ1v) is 5.65. The number of rotatable bonds is 2. The monoisotopic (exact) mass is 238 g/mol. The van der Waals surface area contributed by atoms with Gasteiger partial charge in [0, 0.05) is 17.2 Å². The molecule has 3 aromatic rings. The zero-order valence-electron chi connectivity index (χ0n) is 9.54. The Hall–Kier alpha value is -2.11. The minimum Gasteiger partial charge on any atom is -0.422 e. The number of pyridine rings is 1. The van der Waals surface area contributed by atoms with Crippen molar-refractivity contribution in [1.82, 2.24) is 9.97 Å². The van der Waals surface area contributed by atoms with Crippen LogP contribution in [0.4, 0.5) is 0 Å². The molecule has 0 bridgehead atoms. The lowest BCUT2D eigenvalue weighted by Gasteiger charge is -2.02. The van der Waals surface area contributed by atoms with Crippen molar-refractivity contribution in [2.75, 3.05) is 0 Å². The van der Waals surface area contributed by atoms with Crippen molar-refractivity contribution < 1.29 is 10.0 Å². The minimum atomic E-state index is -1.51. The molecule has 0 fully saturated rings. The molecule has 4 nitrogen and oxygen atoms in total. The van der Waals surface area contributed by atoms with E-state index in [0.717, 1.165) is 16.5 Å². The predicted octanol–water partition coefficient (Wildman–Crippen LogP) is 0.910. The highest BCUT2D eigenvalue weighted by Gasteiger charge is 2.16. The number of nitrogens with one attached hydrogen (secondary N) is 1. The van der Waals surface area contributed by atoms with Crippen molar-refractivity contribution in [1.29, 1.82) is 0 Å². The Kier molecular flexibility index (Phi) is 2.62. The molecular formula is C13H11BN2O2. The van der Waals surface area contributed by atoms with Gasteiger partial charge in [0.05, 0.1) is 0 Å². The quantitative estimate of drug-likeness (QED) is 0.581. The third-order valence-electron chi connectivity index (χ3n) is 2.92. The highest BCUT2D eigenvalue weighted by molar-refractivity contribution is 6.58. The zero-order valence-corrected chi connectivity index (χ0v) is 9.54. The van der Waals surface area contributed by atoms with Crippen LogP contribution in [0.1, 0.15) is 0 Å². The Labute approximate surface area is 104 Å². The summed E-state index contributed by atoms with van der Waals surface area (Å²) in [5, 5.41) is 19.2. The van der Waals surface area contributed by atoms with Crippen molar-refractivity contribution in [3.63, 3.8) is 0 Å². The molecule has 1 aromatic carbocycles. The molecule has 3 N–H and O–H groups in total. The van der Waals surface area contributed by atoms with Gasteiger partial charge in [-0.25, -0.2) is 4.98 Å². The van der Waals surface area contributed by atoms with E-state index in [4.69, 9.17) is 0 Å². The Morgan fingerprint density at radius 1 is 1.06 bits per heavy atom. The molecule has 3 rings (SSSR count). The molecule has 0 spiro atoms. The van der Waals surface area contributed by atoms with E-state index in [2.05, 4.69) is 9.97 Å². The molecule has 0 aliphatic heterocycles. The summed E-state index contributed by atoms with van der Waals surface area (Å²) in [6, 6.07) is 13.6. The van der Waals surface area contributed by atoms with Gasteiger partial charge in [0.1, 0.15) is 5.65 Å². The fourth-order valence-corrected chi connectivity index (χ4v) is 2.06. The van der Waals surface area contributed by atoms with Crippen LogP contribution in [0.5, 0.6) is 0 Å². The van der Waals surface area contributed by atoms with E-state index in [1.54, 1.807) is 12.3 Å². The number of H-pyrrole nitrogens is 1. The minimum absolute atomic E-state index is 0.348. The van der Waals surface area contributed by atoms with Crippen molar-refractivity contribution in [2.45, 2.75) is 0 Å². The molecule has 0 aliphatic rings. The van der Waals surface area contributed by atoms with Crippen LogP contribution in [-0.2, 0) is 0 Å². The fourth-order valence-electron chi connectivity index (χ4n) is 2.06. The maximum atomic E-state index is 9.18. The Morgan fingerprint density at radius 3 is 2.56 bits per heavy atom. The number of aromatic amines is 1. The van der Waals surface area contributed by atoms with Gasteiger partial charge in [-0.05, 0) is 23.3 Å². The van der Waals surface area contributed by atoms with Gasteiger partial charge in [0.25, 0.3) is 0 Å². The number of fused-ring (bicyclic) bond motifs is 1. The molecule has 0 radical (unpaired) electrons. The summed E-state index contributed by atoms with van der Waals surface area (Å²) in [7, 11) is -1.51. The largest absolute Gasteiger partial charge is 0.505 e. The average molecular weight is 238 g/mol. The SMILES string of the molecule is OB(O)c1cc2c(-c3ccccc3)ccnc2[nH]1. The second-order valence-corrected chi connectivity index (χ2v) is 4.09. The predicted molar refractivity (Wildman–Crippen MR) is 71.4 cm³/mol. The number of nitrogens with zero attached hydrogens (tertiary/aromatic N) is 1. The molecule has 0 saturated carbocycles. The zero-order chi connectivity index (χ0) is 12.5. The van der Waals surface area contributed by atoms with Crippen LogP contribution in [0.25, 0.3) is 22.2 Å². The van der Waals surface area contributed by atoms with Gasteiger partial charge in [0.2, 0.25) is 0 Å². The van der Waals surface area contributed by atoms with Crippen LogP contribution in [0, 0.1) is 0 Å². The Bertz CT molecular complexity index is 680. The van der Waals surface area contributed by atoms with Crippen molar-refractivity contribution in [3.8, 4) is 11.1 Å². The average Bonchev–Trinajstić information content (AvgIpc) is 2.83. The molecule has 88 valence electrons. The van der Waals surface area contributed by atoms with Gasteiger partial charge >= 0.3 is 7.12 Å². The van der Waals surface area contributed by atoms with Gasteiger partial charge in [0.15, 0.2) is 0 Å². The highest BCUT2D eigenvalue weighted by atomic mass is 16.4. The molecule has 0 saturated heterocycles. The van der Waals surface area contributed by atoms with Gasteiger partial charge < -0.3 is 15.0 Å². The lowest BCUT2D eigenvalue weighted by molar-refractivity contribution is 0.424. The summed E-state index contributed by atoms with van der Waals surface area (Å²) in [5.74, 6) is 0. The van der Waals surface area contributed by atoms with E-state index >= 15 is 0 Å². The van der Waals surface area contributed by atoms with Crippen LogP contribution in [0.3, 0.4) is 0 Å². The van der Waals surface area contributed by atoms with Crippen LogP contribution in [-0.4, -0.2) is 27.1 Å². The van der Waals surface area contributed by atoms with Crippen molar-refractivity contribution >= 4 is 23.7 Å². The second kappa shape index (κ2) is 4.29. The smallest absolute Gasteiger partial charge is 0.422 e. The van der Waals surface area contributed by atoms with E-state index in [-0.39, 0.29) is 0 Å². The first-order chi connectivity index (χ1) is 8.75. The molecule has 2 heterocycles. The Balaban J connectivity index is 2.24. The Morgan fingerprint density at radius 2 is 1.83 bits per heavy atom. The van der Waals surface area contributed by atoms with Crippen LogP contribution in [0.2, 0.25) is 0 Å². The standard InChI is InChI=1S/C13H11BN2O2/c17-14(18)12-8-11-10(6-7-15-13(11)16-12)9-4-2-1-3-5-9/h1-8,17-18H,(H,15,16). The van der Waals surface area contributed by atoms with E-state index in [1.807, 2.05) is 36.4 Å². The van der Waals surface area contributed by atoms with Crippen LogP contribution >= 0.6 is 0 Å². The third-order valence-corrected chi connectivity index (χ3v) is 2.92. The number of benzene rings is 1. The maximum Gasteiger partial charge on any atom is 0.505 e. The summed E-state index contributed by atoms with van der Waals surface area (Å²) >= 11 is 0. The van der Waals surface area contributed by atoms with Crippen LogP contribution < -0.4 is 5.59 Å². The van der Waals surface area contributed by atoms with E-state index in [0.29, 0.717) is 11.2 Å². The lowest BCUT2D eigenvalue weighted by atomic mass is 9.86. The number of hydrogen-bond acceptors (Lipinski definition) is 3. The van der Waals surface area contributed by atoms with Gasteiger partial charge in [-0.3, -0.25) is 0 Å². The fraction of sp³-hybridized carbons (Fsp3) is 0. The first-order valence-electron chi connectivity index (χ1n) is 5.65. The first kappa shape index (κ1) is 11.0. The maximum absolute atomic E-state index is 9.18. The molecule has 18 heavy (non-hydrogen) atoms. The van der Waals surface area contributed by atoms with Gasteiger partial charge in [-0.2, -0.15) is 0 Å². The van der Waals surface area contributed by atoms with Crippen molar-refractivity contribution in [2.24, 2.45) is 0 Å². The summed E-state index contributed by atoms with van der Waals surface area (Å²) in [6.45, 7) is 0. The van der Waals surface area contributed by atoms with Gasteiger partial charge in [-0.1, -0.05) is 30.3 Å². The van der Waals surface area contributed by atoms with E-state index in [1.165, 1.54) is 0 Å². The van der Waals surface area contributed by atoms with Gasteiger partial charge in [-0.15, -0.1) is 0 Å². The lowest BCUT2D eigenvalue weighted by Crippen LogP contribution is -2.30. The molecule has 0 amide bonds. The topological polar surface area (TPSA) is 69.1 Å². The summed E-state index contributed by atoms with van der Waals surface area (Å²) < 4.78 is 0. The summed E-state index contributed by atoms with van der Waals surface area (Å²) in [5.41, 5.74) is 3.09. The normalized spacial score (nSPS) is 10.8. The summed E-state index contributed by atoms with van der Waals surface area (Å²) in [6.07, 6.45) is 1.70. The molecule has 2 aromatic heterocycles. The second-order valence-electron chi connectivity index (χ2n) is 4.09. The molecule has 5 heteroatoms.